The maximum atomic E-state index is 6.40. The first kappa shape index (κ1) is 5.52. The van der Waals surface area contributed by atoms with Gasteiger partial charge >= 0.3 is 0 Å². The Hall–Kier alpha value is -0.480. The monoisotopic (exact) mass is 82.1 g/mol. The molecule has 6 heavy (non-hydrogen) atoms. The molecule has 0 fully saturated rings. The minimum Gasteiger partial charge on any atom is -0.330 e. The van der Waals surface area contributed by atoms with Gasteiger partial charge in [0.05, 0.1) is 0 Å². The summed E-state index contributed by atoms with van der Waals surface area (Å²) >= 11 is 0. The van der Waals surface area contributed by atoms with Crippen molar-refractivity contribution in [2.75, 3.05) is 6.54 Å². The van der Waals surface area contributed by atoms with Gasteiger partial charge in [-0.05, 0) is 19.4 Å². The molecule has 0 saturated heterocycles. The van der Waals surface area contributed by atoms with E-state index in [1.165, 1.54) is 0 Å². The Labute approximate surface area is 38.5 Å². The molecule has 0 aromatic rings. The van der Waals surface area contributed by atoms with Gasteiger partial charge in [-0.15, -0.1) is 0 Å². The lowest BCUT2D eigenvalue weighted by atomic mass is 10.3. The third-order valence-corrected chi connectivity index (χ3v) is 0.506. The van der Waals surface area contributed by atoms with E-state index in [4.69, 9.17) is 12.2 Å². The molecule has 2 N–H and O–H groups in total. The predicted octanol–water partition coefficient (Wildman–Crippen LogP) is 0.315. The fraction of sp³-hybridized carbons (Fsp3) is 0.600. The normalized spacial score (nSPS) is 7.33. The predicted molar refractivity (Wildman–Crippen MR) is 25.4 cm³/mol. The number of hydrogen-bond donors (Lipinski definition) is 1. The summed E-state index contributed by atoms with van der Waals surface area (Å²) in [6, 6.07) is 0. The van der Waals surface area contributed by atoms with Gasteiger partial charge in [-0.2, -0.15) is 0 Å². The first-order valence-electron chi connectivity index (χ1n) is 2.01. The summed E-state index contributed by atoms with van der Waals surface area (Å²) in [6.07, 6.45) is 8.00. The van der Waals surface area contributed by atoms with Crippen molar-refractivity contribution in [1.82, 2.24) is 0 Å². The molecule has 1 heteroatoms. The highest BCUT2D eigenvalue weighted by molar-refractivity contribution is 4.74. The SMILES string of the molecule is [C]#CCCCN. The molecule has 0 spiro atoms. The van der Waals surface area contributed by atoms with Crippen LogP contribution in [-0.2, 0) is 0 Å². The van der Waals surface area contributed by atoms with Crippen molar-refractivity contribution < 1.29 is 0 Å². The molecule has 0 bridgehead atoms. The van der Waals surface area contributed by atoms with Crippen molar-refractivity contribution in [2.45, 2.75) is 12.8 Å². The van der Waals surface area contributed by atoms with E-state index in [0.29, 0.717) is 13.0 Å². The number of nitrogens with two attached hydrogens (primary N) is 1. The molecule has 0 unspecified atom stereocenters. The Morgan fingerprint density at radius 3 is 2.50 bits per heavy atom. The topological polar surface area (TPSA) is 26.0 Å². The van der Waals surface area contributed by atoms with Gasteiger partial charge in [0.2, 0.25) is 0 Å². The standard InChI is InChI=1S/C5H8N/c1-2-3-4-5-6/h3-6H2. The highest BCUT2D eigenvalue weighted by atomic mass is 14.5. The van der Waals surface area contributed by atoms with Crippen molar-refractivity contribution >= 4 is 0 Å². The van der Waals surface area contributed by atoms with Crippen LogP contribution in [0.5, 0.6) is 0 Å². The molecule has 0 aliphatic rings. The third-order valence-electron chi connectivity index (χ3n) is 0.506. The van der Waals surface area contributed by atoms with Gasteiger partial charge in [0.25, 0.3) is 0 Å². The second kappa shape index (κ2) is 4.52. The van der Waals surface area contributed by atoms with Crippen LogP contribution in [0.4, 0.5) is 0 Å². The molecule has 0 aromatic heterocycles. The Balaban J connectivity index is 2.54. The maximum absolute atomic E-state index is 6.40. The minimum absolute atomic E-state index is 0.672. The highest BCUT2D eigenvalue weighted by Crippen LogP contribution is 1.77. The second-order valence-corrected chi connectivity index (χ2v) is 1.07. The lowest BCUT2D eigenvalue weighted by Gasteiger charge is -1.80. The maximum Gasteiger partial charge on any atom is 0.0111 e. The molecule has 0 rings (SSSR count). The lowest BCUT2D eigenvalue weighted by molar-refractivity contribution is 0.869. The highest BCUT2D eigenvalue weighted by Gasteiger charge is 1.71. The molecule has 0 heterocycles. The van der Waals surface area contributed by atoms with Crippen LogP contribution in [0, 0.1) is 12.3 Å². The fourth-order valence-electron chi connectivity index (χ4n) is 0.190. The molecule has 0 saturated carbocycles. The van der Waals surface area contributed by atoms with Gasteiger partial charge < -0.3 is 5.73 Å². The van der Waals surface area contributed by atoms with Crippen molar-refractivity contribution in [3.63, 3.8) is 0 Å². The zero-order valence-electron chi connectivity index (χ0n) is 3.70. The van der Waals surface area contributed by atoms with Crippen LogP contribution in [0.15, 0.2) is 0 Å². The van der Waals surface area contributed by atoms with Gasteiger partial charge in [0.1, 0.15) is 0 Å². The van der Waals surface area contributed by atoms with Gasteiger partial charge in [-0.3, -0.25) is 0 Å². The first-order valence-corrected chi connectivity index (χ1v) is 2.01. The Morgan fingerprint density at radius 2 is 2.33 bits per heavy atom. The summed E-state index contributed by atoms with van der Waals surface area (Å²) in [5, 5.41) is 0. The Kier molecular flexibility index (Phi) is 4.16. The summed E-state index contributed by atoms with van der Waals surface area (Å²) in [5.41, 5.74) is 5.09. The van der Waals surface area contributed by atoms with Gasteiger partial charge in [-0.25, -0.2) is 0 Å². The summed E-state index contributed by atoms with van der Waals surface area (Å²) < 4.78 is 0. The van der Waals surface area contributed by atoms with E-state index in [1.807, 2.05) is 0 Å². The van der Waals surface area contributed by atoms with Crippen molar-refractivity contribution in [3.05, 3.63) is 6.42 Å². The van der Waals surface area contributed by atoms with E-state index in [0.717, 1.165) is 6.42 Å². The fourth-order valence-corrected chi connectivity index (χ4v) is 0.190. The van der Waals surface area contributed by atoms with Crippen molar-refractivity contribution in [2.24, 2.45) is 5.73 Å². The van der Waals surface area contributed by atoms with Crippen LogP contribution in [0.2, 0.25) is 0 Å². The van der Waals surface area contributed by atoms with Crippen molar-refractivity contribution in [1.29, 1.82) is 0 Å². The molecule has 33 valence electrons. The summed E-state index contributed by atoms with van der Waals surface area (Å²) in [7, 11) is 0. The molecular weight excluding hydrogens is 74.1 g/mol. The van der Waals surface area contributed by atoms with Crippen molar-refractivity contribution in [3.8, 4) is 5.92 Å². The van der Waals surface area contributed by atoms with Crippen LogP contribution in [0.3, 0.4) is 0 Å². The van der Waals surface area contributed by atoms with Crippen LogP contribution in [-0.4, -0.2) is 6.54 Å². The van der Waals surface area contributed by atoms with Crippen LogP contribution in [0.1, 0.15) is 12.8 Å². The average molecular weight is 82.1 g/mol. The van der Waals surface area contributed by atoms with Gasteiger partial charge in [0, 0.05) is 6.42 Å². The molecule has 0 aliphatic carbocycles. The molecule has 0 amide bonds. The Bertz CT molecular complexity index is 51.4. The van der Waals surface area contributed by atoms with E-state index in [-0.39, 0.29) is 0 Å². The van der Waals surface area contributed by atoms with E-state index in [2.05, 4.69) is 5.92 Å². The third kappa shape index (κ3) is 3.52. The quantitative estimate of drug-likeness (QED) is 0.376. The number of rotatable bonds is 2. The Morgan fingerprint density at radius 1 is 1.67 bits per heavy atom. The van der Waals surface area contributed by atoms with E-state index >= 15 is 0 Å². The largest absolute Gasteiger partial charge is 0.330 e. The number of unbranched alkanes of at least 4 members (excludes halogenated alkanes) is 1. The van der Waals surface area contributed by atoms with Gasteiger partial charge in [-0.1, -0.05) is 5.92 Å². The zero-order valence-corrected chi connectivity index (χ0v) is 3.70. The van der Waals surface area contributed by atoms with E-state index in [1.54, 1.807) is 0 Å². The summed E-state index contributed by atoms with van der Waals surface area (Å²) in [5.74, 6) is 2.24. The van der Waals surface area contributed by atoms with E-state index < -0.39 is 0 Å². The average Bonchev–Trinajstić information content (AvgIpc) is 1.61. The van der Waals surface area contributed by atoms with Crippen LogP contribution >= 0.6 is 0 Å². The lowest BCUT2D eigenvalue weighted by Crippen LogP contribution is -1.96. The number of hydrogen-bond acceptors (Lipinski definition) is 1. The van der Waals surface area contributed by atoms with Crippen LogP contribution in [0.25, 0.3) is 0 Å². The minimum atomic E-state index is 0.672. The molecule has 0 aliphatic heterocycles. The first-order chi connectivity index (χ1) is 2.91. The summed E-state index contributed by atoms with van der Waals surface area (Å²) in [4.78, 5) is 0. The van der Waals surface area contributed by atoms with Gasteiger partial charge in [0.15, 0.2) is 0 Å². The zero-order chi connectivity index (χ0) is 4.83. The molecule has 0 atom stereocenters. The molecule has 1 nitrogen and oxygen atoms in total. The van der Waals surface area contributed by atoms with E-state index in [9.17, 15) is 0 Å². The molecule has 1 radical (unpaired) electrons. The molecule has 0 aromatic carbocycles. The second-order valence-electron chi connectivity index (χ2n) is 1.07. The molecular formula is C5H8N. The van der Waals surface area contributed by atoms with Crippen LogP contribution < -0.4 is 5.73 Å². The summed E-state index contributed by atoms with van der Waals surface area (Å²) in [6.45, 7) is 0.672. The smallest absolute Gasteiger partial charge is 0.0111 e.